The summed E-state index contributed by atoms with van der Waals surface area (Å²) in [4.78, 5) is 44.2. The summed E-state index contributed by atoms with van der Waals surface area (Å²) in [5, 5.41) is 0. The fourth-order valence-electron chi connectivity index (χ4n) is 6.00. The Balaban J connectivity index is 1.63. The smallest absolute Gasteiger partial charge is 0.410 e. The van der Waals surface area contributed by atoms with Gasteiger partial charge in [-0.2, -0.15) is 0 Å². The van der Waals surface area contributed by atoms with Crippen LogP contribution in [-0.2, 0) is 38.5 Å². The third-order valence-corrected chi connectivity index (χ3v) is 8.39. The summed E-state index contributed by atoms with van der Waals surface area (Å²) in [6, 6.07) is 9.95. The van der Waals surface area contributed by atoms with Crippen molar-refractivity contribution in [1.29, 1.82) is 0 Å². The van der Waals surface area contributed by atoms with Crippen molar-refractivity contribution >= 4 is 12.0 Å². The summed E-state index contributed by atoms with van der Waals surface area (Å²) in [6.45, 7) is 10.7. The van der Waals surface area contributed by atoms with Crippen molar-refractivity contribution < 1.29 is 28.5 Å². The predicted molar refractivity (Wildman–Crippen MR) is 173 cm³/mol. The number of aryl methyl sites for hydroxylation is 2. The lowest BCUT2D eigenvalue weighted by Gasteiger charge is -2.40. The Morgan fingerprint density at radius 1 is 0.978 bits per heavy atom. The second kappa shape index (κ2) is 15.8. The maximum absolute atomic E-state index is 14.6. The van der Waals surface area contributed by atoms with Crippen LogP contribution in [0.1, 0.15) is 76.0 Å². The van der Waals surface area contributed by atoms with Crippen molar-refractivity contribution in [2.45, 2.75) is 90.4 Å². The fraction of sp³-hybridized carbons (Fsp3) is 0.629. The number of hydrogen-bond acceptors (Lipinski definition) is 7. The molecule has 10 nitrogen and oxygen atoms in total. The van der Waals surface area contributed by atoms with Gasteiger partial charge in [-0.3, -0.25) is 9.59 Å². The number of pyridine rings is 1. The van der Waals surface area contributed by atoms with Crippen LogP contribution in [0.5, 0.6) is 5.75 Å². The number of methoxy groups -OCH3 is 2. The van der Waals surface area contributed by atoms with E-state index in [1.54, 1.807) is 35.9 Å². The molecule has 0 spiro atoms. The number of benzene rings is 1. The van der Waals surface area contributed by atoms with E-state index in [1.807, 2.05) is 50.8 Å². The molecule has 1 aromatic heterocycles. The van der Waals surface area contributed by atoms with Gasteiger partial charge in [0.1, 0.15) is 18.0 Å². The molecule has 0 radical (unpaired) electrons. The quantitative estimate of drug-likeness (QED) is 0.273. The van der Waals surface area contributed by atoms with Crippen LogP contribution >= 0.6 is 0 Å². The van der Waals surface area contributed by atoms with Crippen LogP contribution in [0.3, 0.4) is 0 Å². The van der Waals surface area contributed by atoms with Gasteiger partial charge in [0, 0.05) is 65.3 Å². The number of hydrogen-bond donors (Lipinski definition) is 0. The van der Waals surface area contributed by atoms with Crippen molar-refractivity contribution in [3.05, 3.63) is 63.6 Å². The molecule has 4 rings (SSSR count). The average Bonchev–Trinajstić information content (AvgIpc) is 3.84. The Bertz CT molecular complexity index is 1320. The highest BCUT2D eigenvalue weighted by molar-refractivity contribution is 5.82. The molecule has 2 fully saturated rings. The molecule has 1 saturated heterocycles. The Morgan fingerprint density at radius 2 is 1.71 bits per heavy atom. The van der Waals surface area contributed by atoms with Gasteiger partial charge in [-0.1, -0.05) is 6.07 Å². The van der Waals surface area contributed by atoms with E-state index in [9.17, 15) is 14.4 Å². The van der Waals surface area contributed by atoms with Crippen molar-refractivity contribution in [3.8, 4) is 5.75 Å². The second-order valence-corrected chi connectivity index (χ2v) is 13.1. The molecule has 10 heteroatoms. The van der Waals surface area contributed by atoms with Crippen molar-refractivity contribution in [3.63, 3.8) is 0 Å². The van der Waals surface area contributed by atoms with Gasteiger partial charge in [0.2, 0.25) is 5.91 Å². The number of ether oxygens (including phenoxy) is 4. The van der Waals surface area contributed by atoms with Crippen LogP contribution in [0.2, 0.25) is 0 Å². The summed E-state index contributed by atoms with van der Waals surface area (Å²) in [5.74, 6) is 0.0568. The fourth-order valence-corrected chi connectivity index (χ4v) is 6.00. The van der Waals surface area contributed by atoms with E-state index in [2.05, 4.69) is 6.07 Å². The summed E-state index contributed by atoms with van der Waals surface area (Å²) in [5.41, 5.74) is 2.25. The number of carbonyl (C=O) groups excluding carboxylic acids is 2. The first-order valence-electron chi connectivity index (χ1n) is 16.2. The van der Waals surface area contributed by atoms with Crippen LogP contribution in [0.15, 0.2) is 41.3 Å². The molecular formula is C35H51N3O7. The van der Waals surface area contributed by atoms with Crippen molar-refractivity contribution in [2.75, 3.05) is 47.1 Å². The largest absolute Gasteiger partial charge is 0.491 e. The SMILES string of the molecule is CCn1ccc([C@H]2CCN(C(=O)OC(C)(C)C)C[C@@H]2C(=O)N(Cc2cc(CCCOC)cc(OCCOC)c2)C2CC2)cc1=O. The van der Waals surface area contributed by atoms with E-state index in [1.165, 1.54) is 0 Å². The van der Waals surface area contributed by atoms with Gasteiger partial charge in [0.25, 0.3) is 5.56 Å². The number of amides is 2. The number of aromatic nitrogens is 1. The topological polar surface area (TPSA) is 99.5 Å². The number of nitrogens with zero attached hydrogens (tertiary/aromatic N) is 3. The summed E-state index contributed by atoms with van der Waals surface area (Å²) >= 11 is 0. The van der Waals surface area contributed by atoms with Crippen LogP contribution in [0.25, 0.3) is 0 Å². The first-order chi connectivity index (χ1) is 21.5. The Kier molecular flexibility index (Phi) is 12.1. The average molecular weight is 626 g/mol. The highest BCUT2D eigenvalue weighted by Gasteiger charge is 2.43. The Hall–Kier alpha value is -3.37. The number of piperidine rings is 1. The molecule has 2 amide bonds. The molecule has 2 heterocycles. The maximum Gasteiger partial charge on any atom is 0.410 e. The van der Waals surface area contributed by atoms with E-state index in [-0.39, 0.29) is 30.0 Å². The summed E-state index contributed by atoms with van der Waals surface area (Å²) in [7, 11) is 3.35. The van der Waals surface area contributed by atoms with Gasteiger partial charge < -0.3 is 33.3 Å². The standard InChI is InChI=1S/C35H51N3O7/c1-7-36-14-12-27(22-32(36)39)30-13-15-37(34(41)45-35(2,3)4)24-31(30)33(40)38(28-10-11-28)23-26-19-25(9-8-16-42-5)20-29(21-26)44-18-17-43-6/h12,14,19-22,28,30-31H,7-11,13,15-18,23-24H2,1-6H3/t30-,31+/m1/s1. The van der Waals surface area contributed by atoms with Crippen molar-refractivity contribution in [2.24, 2.45) is 5.92 Å². The molecule has 0 N–H and O–H groups in total. The van der Waals surface area contributed by atoms with Gasteiger partial charge in [0.05, 0.1) is 12.5 Å². The summed E-state index contributed by atoms with van der Waals surface area (Å²) < 4.78 is 23.8. The van der Waals surface area contributed by atoms with E-state index in [0.717, 1.165) is 48.1 Å². The zero-order valence-electron chi connectivity index (χ0n) is 27.9. The van der Waals surface area contributed by atoms with Crippen LogP contribution < -0.4 is 10.3 Å². The molecule has 1 saturated carbocycles. The van der Waals surface area contributed by atoms with Gasteiger partial charge >= 0.3 is 6.09 Å². The van der Waals surface area contributed by atoms with E-state index >= 15 is 0 Å². The summed E-state index contributed by atoms with van der Waals surface area (Å²) in [6.07, 6.45) is 5.54. The van der Waals surface area contributed by atoms with Crippen LogP contribution in [-0.4, -0.2) is 85.1 Å². The molecule has 0 bridgehead atoms. The van der Waals surface area contributed by atoms with Gasteiger partial charge in [-0.05, 0) is 101 Å². The molecule has 1 aromatic carbocycles. The van der Waals surface area contributed by atoms with Gasteiger partial charge in [0.15, 0.2) is 0 Å². The van der Waals surface area contributed by atoms with E-state index in [4.69, 9.17) is 18.9 Å². The monoisotopic (exact) mass is 625 g/mol. The van der Waals surface area contributed by atoms with Crippen LogP contribution in [0.4, 0.5) is 4.79 Å². The minimum atomic E-state index is -0.643. The first kappa shape index (κ1) is 34.5. The number of likely N-dealkylation sites (tertiary alicyclic amines) is 1. The molecule has 2 atom stereocenters. The zero-order valence-corrected chi connectivity index (χ0v) is 27.9. The Labute approximate surface area is 267 Å². The predicted octanol–water partition coefficient (Wildman–Crippen LogP) is 5.00. The minimum Gasteiger partial charge on any atom is -0.491 e. The highest BCUT2D eigenvalue weighted by Crippen LogP contribution is 2.38. The Morgan fingerprint density at radius 3 is 2.36 bits per heavy atom. The lowest BCUT2D eigenvalue weighted by molar-refractivity contribution is -0.139. The lowest BCUT2D eigenvalue weighted by Crippen LogP contribution is -2.51. The van der Waals surface area contributed by atoms with Gasteiger partial charge in [-0.15, -0.1) is 0 Å². The normalized spacial score (nSPS) is 18.5. The second-order valence-electron chi connectivity index (χ2n) is 13.1. The van der Waals surface area contributed by atoms with Crippen LogP contribution in [0, 0.1) is 5.92 Å². The molecule has 2 aromatic rings. The number of rotatable bonds is 14. The lowest BCUT2D eigenvalue weighted by atomic mass is 9.79. The number of carbonyl (C=O) groups is 2. The maximum atomic E-state index is 14.6. The molecule has 1 aliphatic heterocycles. The molecule has 0 unspecified atom stereocenters. The molecule has 1 aliphatic carbocycles. The van der Waals surface area contributed by atoms with E-state index < -0.39 is 17.6 Å². The van der Waals surface area contributed by atoms with Crippen molar-refractivity contribution in [1.82, 2.24) is 14.4 Å². The first-order valence-corrected chi connectivity index (χ1v) is 16.2. The molecule has 2 aliphatic rings. The minimum absolute atomic E-state index is 0.00191. The third kappa shape index (κ3) is 9.81. The zero-order chi connectivity index (χ0) is 32.6. The molecular weight excluding hydrogens is 574 g/mol. The van der Waals surface area contributed by atoms with E-state index in [0.29, 0.717) is 45.9 Å². The molecule has 45 heavy (non-hydrogen) atoms. The third-order valence-electron chi connectivity index (χ3n) is 8.39. The highest BCUT2D eigenvalue weighted by atomic mass is 16.6. The molecule has 248 valence electrons. The van der Waals surface area contributed by atoms with Gasteiger partial charge in [-0.25, -0.2) is 4.79 Å².